The second-order valence-electron chi connectivity index (χ2n) is 31.0. The first-order valence-corrected chi connectivity index (χ1v) is 43.5. The monoisotopic (exact) mass is 1510 g/mol. The normalized spacial score (nSPS) is 25.9. The highest BCUT2D eigenvalue weighted by Gasteiger charge is 2.54. The third-order valence-electron chi connectivity index (χ3n) is 21.5. The van der Waals surface area contributed by atoms with E-state index in [1.807, 2.05) is 6.08 Å². The Morgan fingerprint density at radius 2 is 0.632 bits per heavy atom. The molecule has 3 rings (SSSR count). The van der Waals surface area contributed by atoms with Crippen molar-refractivity contribution in [2.75, 3.05) is 26.4 Å². The fraction of sp³-hybridized carbons (Fsp3) is 0.874. The topological polar surface area (TPSA) is 307 Å². The van der Waals surface area contributed by atoms with E-state index in [9.17, 15) is 61.0 Å². The van der Waals surface area contributed by atoms with Crippen LogP contribution in [0.2, 0.25) is 0 Å². The fourth-order valence-corrected chi connectivity index (χ4v) is 14.6. The summed E-state index contributed by atoms with van der Waals surface area (Å²) in [5, 5.41) is 121. The molecule has 0 aliphatic carbocycles. The van der Waals surface area contributed by atoms with E-state index >= 15 is 0 Å². The van der Waals surface area contributed by atoms with Gasteiger partial charge in [-0.15, -0.1) is 0 Å². The van der Waals surface area contributed by atoms with Crippen molar-refractivity contribution in [3.63, 3.8) is 0 Å². The standard InChI is InChI=1S/C87H159NO18/c1-3-5-7-9-11-13-15-17-19-21-23-25-27-28-29-30-31-32-33-34-35-36-37-38-39-40-41-42-43-45-47-49-51-53-55-57-59-61-63-65-75(93)88-70(71(92)64-62-60-58-56-54-52-50-48-46-44-26-24-22-20-18-16-14-12-10-8-6-4-2)69-101-85-81(99)78(96)83(73(67-90)103-85)106-87-82(100)79(97)84(74(68-91)104-87)105-86-80(98)77(95)76(94)72(66-89)102-86/h15,17,21,23,27-28,54,56,62,64,70-74,76-87,89-92,94-100H,3-14,16,18-20,22,24-26,29-53,55,57-61,63,65-69H2,1-2H3,(H,88,93)/b17-15-,23-21-,28-27-,56-54+,64-62+. The molecule has 17 unspecified atom stereocenters. The molecular weight excluding hydrogens is 1350 g/mol. The summed E-state index contributed by atoms with van der Waals surface area (Å²) >= 11 is 0. The molecule has 0 bridgehead atoms. The first-order chi connectivity index (χ1) is 51.8. The zero-order valence-electron chi connectivity index (χ0n) is 66.7. The summed E-state index contributed by atoms with van der Waals surface area (Å²) in [6.07, 6.45) is 60.9. The van der Waals surface area contributed by atoms with E-state index in [0.29, 0.717) is 12.8 Å². The summed E-state index contributed by atoms with van der Waals surface area (Å²) in [7, 11) is 0. The van der Waals surface area contributed by atoms with E-state index in [-0.39, 0.29) is 18.9 Å². The fourth-order valence-electron chi connectivity index (χ4n) is 14.6. The minimum atomic E-state index is -1.98. The van der Waals surface area contributed by atoms with Crippen LogP contribution in [0.4, 0.5) is 0 Å². The Hall–Kier alpha value is -2.51. The summed E-state index contributed by atoms with van der Waals surface area (Å²) in [5.41, 5.74) is 0. The number of unbranched alkanes of at least 4 members (excludes halogenated alkanes) is 46. The van der Waals surface area contributed by atoms with Crippen LogP contribution in [0.25, 0.3) is 0 Å². The van der Waals surface area contributed by atoms with E-state index < -0.39 is 124 Å². The molecule has 0 saturated carbocycles. The predicted octanol–water partition coefficient (Wildman–Crippen LogP) is 15.8. The average Bonchev–Trinajstić information content (AvgIpc) is 0.780. The number of rotatable bonds is 70. The molecule has 106 heavy (non-hydrogen) atoms. The van der Waals surface area contributed by atoms with Crippen LogP contribution < -0.4 is 5.32 Å². The molecule has 3 aliphatic rings. The van der Waals surface area contributed by atoms with Crippen LogP contribution in [0.15, 0.2) is 60.8 Å². The van der Waals surface area contributed by atoms with Gasteiger partial charge in [0.2, 0.25) is 5.91 Å². The van der Waals surface area contributed by atoms with Gasteiger partial charge in [-0.05, 0) is 70.6 Å². The highest BCUT2D eigenvalue weighted by molar-refractivity contribution is 5.76. The Bertz CT molecular complexity index is 2150. The van der Waals surface area contributed by atoms with Crippen molar-refractivity contribution >= 4 is 5.91 Å². The molecule has 3 saturated heterocycles. The van der Waals surface area contributed by atoms with Crippen LogP contribution in [-0.2, 0) is 33.2 Å². The van der Waals surface area contributed by atoms with Crippen molar-refractivity contribution in [3.8, 4) is 0 Å². The van der Waals surface area contributed by atoms with Crippen LogP contribution in [-0.4, -0.2) is 193 Å². The second kappa shape index (κ2) is 67.0. The number of hydrogen-bond donors (Lipinski definition) is 12. The van der Waals surface area contributed by atoms with Gasteiger partial charge in [0, 0.05) is 6.42 Å². The Kier molecular flexibility index (Phi) is 61.8. The van der Waals surface area contributed by atoms with Gasteiger partial charge in [0.1, 0.15) is 73.2 Å². The molecule has 3 fully saturated rings. The number of aliphatic hydroxyl groups is 11. The third kappa shape index (κ3) is 45.9. The van der Waals surface area contributed by atoms with Gasteiger partial charge in [-0.1, -0.05) is 338 Å². The van der Waals surface area contributed by atoms with E-state index in [0.717, 1.165) is 51.4 Å². The SMILES string of the molecule is CCCCCCC/C=C\C/C=C\C/C=C\CCCCCCCCCCCCCCCCCCCCCCCCCCC(=O)NC(COC1OC(CO)C(OC2OC(CO)C(OC3OC(CO)C(O)C(O)C3O)C(O)C2O)C(O)C1O)C(O)/C=C/CC/C=C/CCCCCCCCCCCCCCCCCC. The molecule has 19 nitrogen and oxygen atoms in total. The van der Waals surface area contributed by atoms with Gasteiger partial charge < -0.3 is 89.9 Å². The maximum Gasteiger partial charge on any atom is 0.220 e. The number of allylic oxidation sites excluding steroid dienone is 9. The molecule has 0 aromatic carbocycles. The van der Waals surface area contributed by atoms with Crippen LogP contribution in [0.5, 0.6) is 0 Å². The molecule has 3 aliphatic heterocycles. The largest absolute Gasteiger partial charge is 0.394 e. The van der Waals surface area contributed by atoms with Crippen molar-refractivity contribution in [2.24, 2.45) is 0 Å². The molecule has 12 N–H and O–H groups in total. The van der Waals surface area contributed by atoms with E-state index in [2.05, 4.69) is 67.8 Å². The lowest BCUT2D eigenvalue weighted by molar-refractivity contribution is -0.379. The van der Waals surface area contributed by atoms with Crippen LogP contribution >= 0.6 is 0 Å². The Morgan fingerprint density at radius 1 is 0.340 bits per heavy atom. The van der Waals surface area contributed by atoms with E-state index in [1.54, 1.807) is 6.08 Å². The van der Waals surface area contributed by atoms with Crippen molar-refractivity contribution < 1.29 is 89.4 Å². The van der Waals surface area contributed by atoms with Gasteiger partial charge in [-0.25, -0.2) is 0 Å². The highest BCUT2D eigenvalue weighted by atomic mass is 16.8. The molecule has 3 heterocycles. The third-order valence-corrected chi connectivity index (χ3v) is 21.5. The lowest BCUT2D eigenvalue weighted by atomic mass is 9.96. The van der Waals surface area contributed by atoms with Crippen LogP contribution in [0.3, 0.4) is 0 Å². The van der Waals surface area contributed by atoms with Gasteiger partial charge in [0.15, 0.2) is 18.9 Å². The Labute approximate surface area is 643 Å². The molecular formula is C87H159NO18. The number of ether oxygens (including phenoxy) is 6. The van der Waals surface area contributed by atoms with Gasteiger partial charge in [-0.3, -0.25) is 4.79 Å². The van der Waals surface area contributed by atoms with E-state index in [4.69, 9.17) is 28.4 Å². The molecule has 1 amide bonds. The molecule has 0 aromatic heterocycles. The predicted molar refractivity (Wildman–Crippen MR) is 425 cm³/mol. The minimum absolute atomic E-state index is 0.238. The van der Waals surface area contributed by atoms with Crippen LogP contribution in [0.1, 0.15) is 354 Å². The molecule has 0 aromatic rings. The zero-order chi connectivity index (χ0) is 76.7. The molecule has 0 radical (unpaired) electrons. The van der Waals surface area contributed by atoms with E-state index in [1.165, 1.54) is 270 Å². The lowest BCUT2D eigenvalue weighted by Gasteiger charge is -2.48. The first-order valence-electron chi connectivity index (χ1n) is 43.5. The van der Waals surface area contributed by atoms with Crippen molar-refractivity contribution in [2.45, 2.75) is 458 Å². The number of hydrogen-bond acceptors (Lipinski definition) is 18. The number of carbonyl (C=O) groups excluding carboxylic acids is 1. The number of nitrogens with one attached hydrogen (secondary N) is 1. The van der Waals surface area contributed by atoms with Gasteiger partial charge in [0.05, 0.1) is 38.6 Å². The number of amides is 1. The quantitative estimate of drug-likeness (QED) is 0.0199. The summed E-state index contributed by atoms with van der Waals surface area (Å²) in [6, 6.07) is -0.991. The summed E-state index contributed by atoms with van der Waals surface area (Å²) in [4.78, 5) is 13.5. The van der Waals surface area contributed by atoms with Crippen molar-refractivity contribution in [1.82, 2.24) is 5.32 Å². The lowest BCUT2D eigenvalue weighted by Crippen LogP contribution is -2.66. The Morgan fingerprint density at radius 3 is 1.01 bits per heavy atom. The molecule has 19 heteroatoms. The molecule has 17 atom stereocenters. The zero-order valence-corrected chi connectivity index (χ0v) is 66.7. The number of aliphatic hydroxyl groups excluding tert-OH is 11. The maximum absolute atomic E-state index is 13.5. The smallest absolute Gasteiger partial charge is 0.220 e. The van der Waals surface area contributed by atoms with Gasteiger partial charge >= 0.3 is 0 Å². The molecule has 620 valence electrons. The highest BCUT2D eigenvalue weighted by Crippen LogP contribution is 2.33. The maximum atomic E-state index is 13.5. The van der Waals surface area contributed by atoms with Crippen molar-refractivity contribution in [3.05, 3.63) is 60.8 Å². The van der Waals surface area contributed by atoms with Crippen molar-refractivity contribution in [1.29, 1.82) is 0 Å². The van der Waals surface area contributed by atoms with Gasteiger partial charge in [0.25, 0.3) is 0 Å². The second-order valence-corrected chi connectivity index (χ2v) is 31.0. The summed E-state index contributed by atoms with van der Waals surface area (Å²) < 4.78 is 34.5. The van der Waals surface area contributed by atoms with Crippen LogP contribution in [0, 0.1) is 0 Å². The Balaban J connectivity index is 1.31. The number of carbonyl (C=O) groups is 1. The van der Waals surface area contributed by atoms with Gasteiger partial charge in [-0.2, -0.15) is 0 Å². The average molecular weight is 1510 g/mol. The molecule has 0 spiro atoms. The summed E-state index contributed by atoms with van der Waals surface area (Å²) in [5.74, 6) is -0.279. The minimum Gasteiger partial charge on any atom is -0.394 e. The first kappa shape index (κ1) is 97.7. The summed E-state index contributed by atoms with van der Waals surface area (Å²) in [6.45, 7) is 1.75.